The maximum absolute atomic E-state index is 5.63. The second-order valence-corrected chi connectivity index (χ2v) is 5.37. The lowest BCUT2D eigenvalue weighted by atomic mass is 10.5. The highest BCUT2D eigenvalue weighted by Crippen LogP contribution is 2.13. The predicted molar refractivity (Wildman–Crippen MR) is 31.9 cm³/mol. The molecule has 0 unspecified atom stereocenters. The van der Waals surface area contributed by atoms with E-state index in [9.17, 15) is 0 Å². The molecule has 0 amide bonds. The molecule has 0 aromatic carbocycles. The van der Waals surface area contributed by atoms with Crippen molar-refractivity contribution in [3.63, 3.8) is 0 Å². The minimum Gasteiger partial charge on any atom is -0.138 e. The Labute approximate surface area is 48.0 Å². The Morgan fingerprint density at radius 1 is 1.67 bits per heavy atom. The van der Waals surface area contributed by atoms with Crippen LogP contribution in [0.2, 0.25) is 6.04 Å². The molecule has 1 aliphatic heterocycles. The zero-order valence-electron chi connectivity index (χ0n) is 3.17. The number of halogens is 2. The van der Waals surface area contributed by atoms with Crippen LogP contribution in [-0.4, -0.2) is 12.3 Å². The number of rotatable bonds is 0. The first-order valence-electron chi connectivity index (χ1n) is 1.84. The zero-order valence-corrected chi connectivity index (χ0v) is 5.68. The first-order chi connectivity index (χ1) is 2.80. The summed E-state index contributed by atoms with van der Waals surface area (Å²) in [6.07, 6.45) is 1.07. The number of hydrogen-bond acceptors (Lipinski definition) is 0. The fourth-order valence-electron chi connectivity index (χ4n) is 0.314. The van der Waals surface area contributed by atoms with Crippen molar-refractivity contribution in [3.05, 3.63) is 0 Å². The molecule has 0 saturated heterocycles. The molecule has 0 radical (unpaired) electrons. The molecular weight excluding hydrogens is 135 g/mol. The molecule has 1 heterocycles. The largest absolute Gasteiger partial charge is 0.140 e. The minimum absolute atomic E-state index is 0.617. The van der Waals surface area contributed by atoms with Gasteiger partial charge in [-0.15, -0.1) is 11.1 Å². The maximum atomic E-state index is 5.63. The second-order valence-electron chi connectivity index (χ2n) is 1.31. The standard InChI is InChI=1S/C3H4Cl2Si/c4-3-1-2-6(3)5/h1-2H2. The third-order valence-electron chi connectivity index (χ3n) is 0.858. The van der Waals surface area contributed by atoms with Crippen molar-refractivity contribution in [2.24, 2.45) is 0 Å². The van der Waals surface area contributed by atoms with Gasteiger partial charge >= 0.3 is 0 Å². The Morgan fingerprint density at radius 2 is 2.17 bits per heavy atom. The van der Waals surface area contributed by atoms with Gasteiger partial charge in [-0.1, -0.05) is 11.6 Å². The molecule has 0 saturated carbocycles. The lowest BCUT2D eigenvalue weighted by molar-refractivity contribution is 1.27. The fourth-order valence-corrected chi connectivity index (χ4v) is 2.08. The lowest BCUT2D eigenvalue weighted by Gasteiger charge is -2.08. The van der Waals surface area contributed by atoms with Crippen LogP contribution in [0.15, 0.2) is 0 Å². The van der Waals surface area contributed by atoms with E-state index in [2.05, 4.69) is 0 Å². The first-order valence-corrected chi connectivity index (χ1v) is 4.93. The van der Waals surface area contributed by atoms with E-state index < -0.39 is 7.72 Å². The van der Waals surface area contributed by atoms with Gasteiger partial charge in [0.15, 0.2) is 0 Å². The van der Waals surface area contributed by atoms with Crippen molar-refractivity contribution in [1.29, 1.82) is 0 Å². The molecule has 0 fully saturated rings. The smallest absolute Gasteiger partial charge is 0.138 e. The molecule has 0 bridgehead atoms. The van der Waals surface area contributed by atoms with Gasteiger partial charge in [0.1, 0.15) is 7.72 Å². The average molecular weight is 139 g/mol. The van der Waals surface area contributed by atoms with E-state index in [0.717, 1.165) is 11.0 Å². The lowest BCUT2D eigenvalue weighted by Crippen LogP contribution is -2.14. The van der Waals surface area contributed by atoms with Gasteiger partial charge in [0.05, 0.1) is 0 Å². The van der Waals surface area contributed by atoms with E-state index in [4.69, 9.17) is 22.7 Å². The van der Waals surface area contributed by atoms with Gasteiger partial charge in [-0.2, -0.15) is 0 Å². The summed E-state index contributed by atoms with van der Waals surface area (Å²) in [5.41, 5.74) is 0. The molecule has 0 nitrogen and oxygen atoms in total. The van der Waals surface area contributed by atoms with Gasteiger partial charge in [0.25, 0.3) is 0 Å². The predicted octanol–water partition coefficient (Wildman–Crippen LogP) is 1.57. The van der Waals surface area contributed by atoms with Crippen molar-refractivity contribution in [1.82, 2.24) is 0 Å². The Bertz CT molecular complexity index is 85.0. The quantitative estimate of drug-likeness (QED) is 0.353. The highest BCUT2D eigenvalue weighted by Gasteiger charge is 2.12. The van der Waals surface area contributed by atoms with Crippen molar-refractivity contribution in [2.75, 3.05) is 0 Å². The molecule has 0 aliphatic carbocycles. The van der Waals surface area contributed by atoms with E-state index in [-0.39, 0.29) is 0 Å². The molecule has 0 aromatic rings. The molecule has 34 valence electrons. The van der Waals surface area contributed by atoms with Crippen LogP contribution in [0.25, 0.3) is 0 Å². The summed E-state index contributed by atoms with van der Waals surface area (Å²) in [6, 6.07) is 1.17. The van der Waals surface area contributed by atoms with Crippen molar-refractivity contribution in [3.8, 4) is 0 Å². The fraction of sp³-hybridized carbons (Fsp3) is 0.667. The van der Waals surface area contributed by atoms with Gasteiger partial charge in [0.2, 0.25) is 0 Å². The van der Waals surface area contributed by atoms with Crippen molar-refractivity contribution < 1.29 is 0 Å². The molecule has 3 heteroatoms. The Kier molecular flexibility index (Phi) is 1.32. The van der Waals surface area contributed by atoms with Gasteiger partial charge in [0, 0.05) is 4.63 Å². The Hall–Kier alpha value is 0.667. The molecular formula is C3H4Cl2Si. The van der Waals surface area contributed by atoms with E-state index in [1.165, 1.54) is 6.04 Å². The number of hydrogen-bond donors (Lipinski definition) is 0. The van der Waals surface area contributed by atoms with Crippen LogP contribution in [0.5, 0.6) is 0 Å². The highest BCUT2D eigenvalue weighted by molar-refractivity contribution is 7.20. The Balaban J connectivity index is 2.66. The van der Waals surface area contributed by atoms with Gasteiger partial charge in [-0.05, 0) is 12.5 Å². The summed E-state index contributed by atoms with van der Waals surface area (Å²) < 4.78 is 1.03. The molecule has 0 N–H and O–H groups in total. The van der Waals surface area contributed by atoms with Gasteiger partial charge < -0.3 is 0 Å². The van der Waals surface area contributed by atoms with Gasteiger partial charge in [-0.25, -0.2) is 0 Å². The summed E-state index contributed by atoms with van der Waals surface area (Å²) >= 11 is 11.2. The third kappa shape index (κ3) is 0.672. The van der Waals surface area contributed by atoms with Crippen LogP contribution in [-0.2, 0) is 0 Å². The Morgan fingerprint density at radius 3 is 2.17 bits per heavy atom. The van der Waals surface area contributed by atoms with Crippen LogP contribution in [0, 0.1) is 0 Å². The van der Waals surface area contributed by atoms with Crippen LogP contribution in [0.1, 0.15) is 6.42 Å². The topological polar surface area (TPSA) is 0 Å². The molecule has 6 heavy (non-hydrogen) atoms. The summed E-state index contributed by atoms with van der Waals surface area (Å²) in [7, 11) is -0.617. The van der Waals surface area contributed by atoms with E-state index in [1.807, 2.05) is 0 Å². The van der Waals surface area contributed by atoms with Crippen LogP contribution < -0.4 is 0 Å². The van der Waals surface area contributed by atoms with Crippen molar-refractivity contribution in [2.45, 2.75) is 12.5 Å². The van der Waals surface area contributed by atoms with Gasteiger partial charge in [-0.3, -0.25) is 0 Å². The monoisotopic (exact) mass is 138 g/mol. The third-order valence-corrected chi connectivity index (χ3v) is 4.80. The van der Waals surface area contributed by atoms with Crippen LogP contribution in [0.4, 0.5) is 0 Å². The van der Waals surface area contributed by atoms with Crippen LogP contribution in [0.3, 0.4) is 0 Å². The molecule has 1 aliphatic rings. The average Bonchev–Trinajstić information content (AvgIpc) is 1.61. The molecule has 1 rings (SSSR count). The van der Waals surface area contributed by atoms with E-state index >= 15 is 0 Å². The highest BCUT2D eigenvalue weighted by atomic mass is 35.6. The van der Waals surface area contributed by atoms with E-state index in [1.54, 1.807) is 0 Å². The second kappa shape index (κ2) is 1.64. The molecule has 0 aromatic heterocycles. The first kappa shape index (κ1) is 4.82. The summed E-state index contributed by atoms with van der Waals surface area (Å²) in [5.74, 6) is 0. The zero-order chi connectivity index (χ0) is 4.57. The molecule has 0 spiro atoms. The normalized spacial score (nSPS) is 21.0. The van der Waals surface area contributed by atoms with Crippen molar-refractivity contribution >= 4 is 35.0 Å². The minimum atomic E-state index is -0.617. The van der Waals surface area contributed by atoms with Crippen LogP contribution >= 0.6 is 22.7 Å². The molecule has 0 atom stereocenters. The summed E-state index contributed by atoms with van der Waals surface area (Å²) in [5, 5.41) is 0. The summed E-state index contributed by atoms with van der Waals surface area (Å²) in [6.45, 7) is 0. The van der Waals surface area contributed by atoms with E-state index in [0.29, 0.717) is 0 Å². The summed E-state index contributed by atoms with van der Waals surface area (Å²) in [4.78, 5) is 0. The SMILES string of the molecule is ClC1=[Si](Cl)CC1. The maximum Gasteiger partial charge on any atom is 0.140 e.